The Kier molecular flexibility index (Phi) is 4.97. The summed E-state index contributed by atoms with van der Waals surface area (Å²) < 4.78 is 31.3. The van der Waals surface area contributed by atoms with E-state index in [4.69, 9.17) is 4.18 Å². The highest BCUT2D eigenvalue weighted by atomic mass is 79.9. The summed E-state index contributed by atoms with van der Waals surface area (Å²) >= 11 is 3.26. The van der Waals surface area contributed by atoms with Crippen LogP contribution >= 0.6 is 15.9 Å². The third-order valence-corrected chi connectivity index (χ3v) is 4.66. The topological polar surface area (TPSA) is 65.4 Å². The summed E-state index contributed by atoms with van der Waals surface area (Å²) in [6.45, 7) is 2.10. The number of carbonyl (C=O) groups is 1. The lowest BCUT2D eigenvalue weighted by molar-refractivity contribution is 0.111. The first-order valence-electron chi connectivity index (χ1n) is 6.19. The number of carbonyl (C=O) groups excluding carboxylic acids is 1. The molecule has 0 aliphatic rings. The maximum Gasteiger partial charge on any atom is 0.297 e. The standard InChI is InChI=1S/C14H14BrNO4S/c1-11-2-4-14(5-3-11)21(18,19)20-7-6-16-9-12(15)8-13(16)10-17/h2-5,8-10H,6-7H2,1H3. The molecule has 0 aliphatic heterocycles. The van der Waals surface area contributed by atoms with E-state index in [-0.39, 0.29) is 18.0 Å². The van der Waals surface area contributed by atoms with Crippen LogP contribution in [0, 0.1) is 6.92 Å². The van der Waals surface area contributed by atoms with Gasteiger partial charge in [0.15, 0.2) is 6.29 Å². The lowest BCUT2D eigenvalue weighted by Crippen LogP contribution is -2.13. The number of hydrogen-bond acceptors (Lipinski definition) is 4. The molecular formula is C14H14BrNO4S. The third kappa shape index (κ3) is 4.03. The molecule has 1 aromatic carbocycles. The number of aldehydes is 1. The molecule has 5 nitrogen and oxygen atoms in total. The Hall–Kier alpha value is -1.44. The van der Waals surface area contributed by atoms with Crippen molar-refractivity contribution in [3.63, 3.8) is 0 Å². The monoisotopic (exact) mass is 371 g/mol. The molecule has 0 N–H and O–H groups in total. The van der Waals surface area contributed by atoms with Crippen molar-refractivity contribution < 1.29 is 17.4 Å². The van der Waals surface area contributed by atoms with Gasteiger partial charge in [0.05, 0.1) is 17.2 Å². The number of nitrogens with zero attached hydrogens (tertiary/aromatic N) is 1. The predicted octanol–water partition coefficient (Wildman–Crippen LogP) is 2.78. The second-order valence-electron chi connectivity index (χ2n) is 4.48. The largest absolute Gasteiger partial charge is 0.342 e. The minimum atomic E-state index is -3.77. The number of benzene rings is 1. The number of hydrogen-bond donors (Lipinski definition) is 0. The zero-order valence-corrected chi connectivity index (χ0v) is 13.7. The molecule has 7 heteroatoms. The molecule has 1 heterocycles. The van der Waals surface area contributed by atoms with E-state index in [9.17, 15) is 13.2 Å². The van der Waals surface area contributed by atoms with Crippen molar-refractivity contribution >= 4 is 32.3 Å². The van der Waals surface area contributed by atoms with Gasteiger partial charge in [-0.15, -0.1) is 0 Å². The number of aryl methyl sites for hydroxylation is 1. The van der Waals surface area contributed by atoms with Crippen molar-refractivity contribution in [3.8, 4) is 0 Å². The van der Waals surface area contributed by atoms with Gasteiger partial charge in [0.2, 0.25) is 0 Å². The highest BCUT2D eigenvalue weighted by Gasteiger charge is 2.15. The van der Waals surface area contributed by atoms with Crippen LogP contribution in [0.3, 0.4) is 0 Å². The summed E-state index contributed by atoms with van der Waals surface area (Å²) in [5, 5.41) is 0. The maximum absolute atomic E-state index is 12.0. The zero-order chi connectivity index (χ0) is 15.5. The Morgan fingerprint density at radius 3 is 2.57 bits per heavy atom. The molecule has 1 aromatic heterocycles. The van der Waals surface area contributed by atoms with Crippen LogP contribution in [0.5, 0.6) is 0 Å². The molecule has 0 saturated heterocycles. The molecule has 0 bridgehead atoms. The van der Waals surface area contributed by atoms with Gasteiger partial charge in [0, 0.05) is 17.2 Å². The quantitative estimate of drug-likeness (QED) is 0.578. The third-order valence-electron chi connectivity index (χ3n) is 2.90. The number of aromatic nitrogens is 1. The molecule has 0 fully saturated rings. The van der Waals surface area contributed by atoms with Crippen molar-refractivity contribution in [1.82, 2.24) is 4.57 Å². The van der Waals surface area contributed by atoms with Crippen LogP contribution < -0.4 is 0 Å². The van der Waals surface area contributed by atoms with Crippen molar-refractivity contribution in [1.29, 1.82) is 0 Å². The minimum absolute atomic E-state index is 0.0435. The van der Waals surface area contributed by atoms with E-state index in [0.29, 0.717) is 12.0 Å². The van der Waals surface area contributed by atoms with Crippen molar-refractivity contribution in [2.24, 2.45) is 0 Å². The van der Waals surface area contributed by atoms with Gasteiger partial charge >= 0.3 is 0 Å². The molecule has 0 spiro atoms. The lowest BCUT2D eigenvalue weighted by atomic mass is 10.2. The zero-order valence-electron chi connectivity index (χ0n) is 11.3. The average Bonchev–Trinajstić information content (AvgIpc) is 2.79. The number of rotatable bonds is 6. The summed E-state index contributed by atoms with van der Waals surface area (Å²) in [7, 11) is -3.77. The van der Waals surface area contributed by atoms with Crippen molar-refractivity contribution in [2.45, 2.75) is 18.4 Å². The first-order chi connectivity index (χ1) is 9.92. The van der Waals surface area contributed by atoms with Crippen molar-refractivity contribution in [2.75, 3.05) is 6.61 Å². The fourth-order valence-corrected chi connectivity index (χ4v) is 3.18. The Morgan fingerprint density at radius 2 is 1.95 bits per heavy atom. The van der Waals surface area contributed by atoms with E-state index in [1.807, 2.05) is 6.92 Å². The fourth-order valence-electron chi connectivity index (χ4n) is 1.80. The second kappa shape index (κ2) is 6.55. The van der Waals surface area contributed by atoms with E-state index in [0.717, 1.165) is 10.0 Å². The molecule has 2 aromatic rings. The molecule has 0 radical (unpaired) electrons. The molecule has 0 unspecified atom stereocenters. The smallest absolute Gasteiger partial charge is 0.297 e. The van der Waals surface area contributed by atoms with Gasteiger partial charge in [-0.2, -0.15) is 8.42 Å². The van der Waals surface area contributed by atoms with Crippen LogP contribution in [0.15, 0.2) is 45.9 Å². The van der Waals surface area contributed by atoms with E-state index in [1.165, 1.54) is 12.1 Å². The molecule has 0 atom stereocenters. The van der Waals surface area contributed by atoms with E-state index >= 15 is 0 Å². The van der Waals surface area contributed by atoms with E-state index in [1.54, 1.807) is 29.0 Å². The summed E-state index contributed by atoms with van der Waals surface area (Å²) in [4.78, 5) is 11.0. The number of halogens is 1. The van der Waals surface area contributed by atoms with Crippen LogP contribution in [0.1, 0.15) is 16.1 Å². The van der Waals surface area contributed by atoms with Gasteiger partial charge in [0.1, 0.15) is 0 Å². The van der Waals surface area contributed by atoms with Gasteiger partial charge < -0.3 is 4.57 Å². The van der Waals surface area contributed by atoms with Gasteiger partial charge in [-0.25, -0.2) is 0 Å². The fraction of sp³-hybridized carbons (Fsp3) is 0.214. The average molecular weight is 372 g/mol. The lowest BCUT2D eigenvalue weighted by Gasteiger charge is -2.08. The highest BCUT2D eigenvalue weighted by molar-refractivity contribution is 9.10. The second-order valence-corrected chi connectivity index (χ2v) is 7.01. The van der Waals surface area contributed by atoms with Crippen LogP contribution in [0.4, 0.5) is 0 Å². The Balaban J connectivity index is 2.02. The summed E-state index contributed by atoms with van der Waals surface area (Å²) in [6, 6.07) is 8.09. The van der Waals surface area contributed by atoms with Crippen LogP contribution in [0.25, 0.3) is 0 Å². The molecular weight excluding hydrogens is 358 g/mol. The Labute approximate surface area is 131 Å². The SMILES string of the molecule is Cc1ccc(S(=O)(=O)OCCn2cc(Br)cc2C=O)cc1. The normalized spacial score (nSPS) is 11.5. The van der Waals surface area contributed by atoms with E-state index in [2.05, 4.69) is 15.9 Å². The highest BCUT2D eigenvalue weighted by Crippen LogP contribution is 2.15. The minimum Gasteiger partial charge on any atom is -0.342 e. The Morgan fingerprint density at radius 1 is 1.29 bits per heavy atom. The summed E-state index contributed by atoms with van der Waals surface area (Å²) in [5.74, 6) is 0. The van der Waals surface area contributed by atoms with Gasteiger partial charge in [-0.3, -0.25) is 8.98 Å². The molecule has 21 heavy (non-hydrogen) atoms. The summed E-state index contributed by atoms with van der Waals surface area (Å²) in [5.41, 5.74) is 1.43. The van der Waals surface area contributed by atoms with Crippen molar-refractivity contribution in [3.05, 3.63) is 52.3 Å². The van der Waals surface area contributed by atoms with Crippen LogP contribution in [0.2, 0.25) is 0 Å². The molecule has 112 valence electrons. The molecule has 0 aliphatic carbocycles. The van der Waals surface area contributed by atoms with Gasteiger partial charge in [-0.1, -0.05) is 17.7 Å². The maximum atomic E-state index is 12.0. The first kappa shape index (κ1) is 15.9. The van der Waals surface area contributed by atoms with Gasteiger partial charge in [-0.05, 0) is 41.1 Å². The molecule has 2 rings (SSSR count). The van der Waals surface area contributed by atoms with Crippen LogP contribution in [-0.2, 0) is 20.8 Å². The van der Waals surface area contributed by atoms with Crippen LogP contribution in [-0.4, -0.2) is 25.9 Å². The summed E-state index contributed by atoms with van der Waals surface area (Å²) in [6.07, 6.45) is 2.41. The van der Waals surface area contributed by atoms with E-state index < -0.39 is 10.1 Å². The Bertz CT molecular complexity index is 735. The first-order valence-corrected chi connectivity index (χ1v) is 8.39. The molecule has 0 saturated carbocycles. The molecule has 0 amide bonds. The predicted molar refractivity (Wildman–Crippen MR) is 81.8 cm³/mol. The van der Waals surface area contributed by atoms with Gasteiger partial charge in [0.25, 0.3) is 10.1 Å².